The van der Waals surface area contributed by atoms with Gasteiger partial charge in [-0.05, 0) is 17.6 Å². The number of piperazine rings is 1. The Hall–Kier alpha value is -3.86. The Morgan fingerprint density at radius 1 is 1.06 bits per heavy atom. The van der Waals surface area contributed by atoms with Gasteiger partial charge in [0.15, 0.2) is 0 Å². The summed E-state index contributed by atoms with van der Waals surface area (Å²) in [5.41, 5.74) is 14.8. The maximum atomic E-state index is 12.8. The highest BCUT2D eigenvalue weighted by Gasteiger charge is 2.25. The minimum absolute atomic E-state index is 0.139. The quantitative estimate of drug-likeness (QED) is 0.353. The Kier molecular flexibility index (Phi) is 7.12. The van der Waals surface area contributed by atoms with E-state index in [9.17, 15) is 4.79 Å². The minimum atomic E-state index is -0.498. The van der Waals surface area contributed by atoms with Crippen molar-refractivity contribution in [2.75, 3.05) is 43.4 Å². The van der Waals surface area contributed by atoms with Crippen LogP contribution in [0.4, 0.5) is 11.8 Å². The molecule has 1 atom stereocenters. The van der Waals surface area contributed by atoms with Crippen LogP contribution in [-0.2, 0) is 0 Å². The average Bonchev–Trinajstić information content (AvgIpc) is 2.85. The number of anilines is 2. The zero-order valence-electron chi connectivity index (χ0n) is 19.4. The lowest BCUT2D eigenvalue weighted by Gasteiger charge is -2.28. The van der Waals surface area contributed by atoms with Gasteiger partial charge >= 0.3 is 0 Å². The molecule has 4 rings (SSSR count). The topological polar surface area (TPSA) is 160 Å². The van der Waals surface area contributed by atoms with E-state index in [4.69, 9.17) is 11.5 Å². The number of aliphatic imine (C=N–C) groups is 1. The normalized spacial score (nSPS) is 17.6. The van der Waals surface area contributed by atoms with Crippen LogP contribution >= 0.6 is 0 Å². The summed E-state index contributed by atoms with van der Waals surface area (Å²) < 4.78 is 0. The predicted octanol–water partition coefficient (Wildman–Crippen LogP) is 0.599. The molecule has 2 aromatic rings. The second-order valence-corrected chi connectivity index (χ2v) is 8.57. The SMILES string of the molecule is CC(C)C(C1=CC=C(c2cnc(N)nc2)NC1)C(N)=NC(=O)c1cnc(N2CCNCC2)cn1. The first kappa shape index (κ1) is 23.3. The molecule has 11 nitrogen and oxygen atoms in total. The van der Waals surface area contributed by atoms with Crippen molar-refractivity contribution in [3.05, 3.63) is 53.8 Å². The number of amidine groups is 1. The largest absolute Gasteiger partial charge is 0.387 e. The molecule has 1 fully saturated rings. The van der Waals surface area contributed by atoms with Crippen LogP contribution in [0.25, 0.3) is 5.70 Å². The first-order chi connectivity index (χ1) is 16.4. The van der Waals surface area contributed by atoms with Gasteiger partial charge in [0.2, 0.25) is 5.95 Å². The number of amides is 1. The van der Waals surface area contributed by atoms with E-state index in [0.29, 0.717) is 6.54 Å². The molecule has 0 aromatic carbocycles. The summed E-state index contributed by atoms with van der Waals surface area (Å²) in [5, 5.41) is 6.66. The summed E-state index contributed by atoms with van der Waals surface area (Å²) in [7, 11) is 0. The summed E-state index contributed by atoms with van der Waals surface area (Å²) in [6, 6.07) is 0. The number of hydrogen-bond acceptors (Lipinski definition) is 9. The Bertz CT molecular complexity index is 1100. The predicted molar refractivity (Wildman–Crippen MR) is 132 cm³/mol. The maximum Gasteiger partial charge on any atom is 0.298 e. The first-order valence-electron chi connectivity index (χ1n) is 11.3. The van der Waals surface area contributed by atoms with Gasteiger partial charge in [-0.2, -0.15) is 4.99 Å². The Morgan fingerprint density at radius 3 is 2.38 bits per heavy atom. The van der Waals surface area contributed by atoms with Crippen LogP contribution in [0.1, 0.15) is 29.9 Å². The van der Waals surface area contributed by atoms with Crippen molar-refractivity contribution in [3.8, 4) is 0 Å². The van der Waals surface area contributed by atoms with Gasteiger partial charge in [-0.15, -0.1) is 0 Å². The van der Waals surface area contributed by atoms with Crippen molar-refractivity contribution in [3.63, 3.8) is 0 Å². The second kappa shape index (κ2) is 10.4. The average molecular weight is 463 g/mol. The monoisotopic (exact) mass is 462 g/mol. The number of nitrogens with two attached hydrogens (primary N) is 2. The van der Waals surface area contributed by atoms with Crippen LogP contribution in [-0.4, -0.2) is 64.4 Å². The minimum Gasteiger partial charge on any atom is -0.387 e. The van der Waals surface area contributed by atoms with Crippen molar-refractivity contribution in [2.24, 2.45) is 22.6 Å². The van der Waals surface area contributed by atoms with E-state index in [0.717, 1.165) is 48.8 Å². The molecule has 0 radical (unpaired) electrons. The molecule has 0 bridgehead atoms. The lowest BCUT2D eigenvalue weighted by molar-refractivity contribution is 0.0997. The van der Waals surface area contributed by atoms with E-state index in [-0.39, 0.29) is 29.3 Å². The lowest BCUT2D eigenvalue weighted by Crippen LogP contribution is -2.43. The smallest absolute Gasteiger partial charge is 0.298 e. The Labute approximate surface area is 198 Å². The lowest BCUT2D eigenvalue weighted by atomic mass is 9.85. The number of allylic oxidation sites excluding steroid dienone is 2. The zero-order chi connectivity index (χ0) is 24.1. The van der Waals surface area contributed by atoms with Gasteiger partial charge in [0.25, 0.3) is 5.91 Å². The maximum absolute atomic E-state index is 12.8. The summed E-state index contributed by atoms with van der Waals surface area (Å²) in [5.74, 6) is 0.678. The molecular weight excluding hydrogens is 432 g/mol. The highest BCUT2D eigenvalue weighted by Crippen LogP contribution is 2.25. The molecule has 34 heavy (non-hydrogen) atoms. The van der Waals surface area contributed by atoms with Crippen molar-refractivity contribution in [1.29, 1.82) is 0 Å². The number of hydrogen-bond donors (Lipinski definition) is 4. The molecule has 1 saturated heterocycles. The van der Waals surface area contributed by atoms with E-state index in [1.165, 1.54) is 6.20 Å². The van der Waals surface area contributed by atoms with Gasteiger partial charge < -0.3 is 27.0 Å². The third-order valence-corrected chi connectivity index (χ3v) is 5.84. The van der Waals surface area contributed by atoms with Gasteiger partial charge in [0, 0.05) is 62.3 Å². The van der Waals surface area contributed by atoms with Gasteiger partial charge in [-0.1, -0.05) is 19.9 Å². The van der Waals surface area contributed by atoms with E-state index >= 15 is 0 Å². The number of rotatable bonds is 6. The van der Waals surface area contributed by atoms with Crippen molar-refractivity contribution in [1.82, 2.24) is 30.6 Å². The summed E-state index contributed by atoms with van der Waals surface area (Å²) in [4.78, 5) is 35.8. The molecule has 2 aliphatic rings. The van der Waals surface area contributed by atoms with Crippen LogP contribution in [0.3, 0.4) is 0 Å². The third kappa shape index (κ3) is 5.37. The van der Waals surface area contributed by atoms with Crippen LogP contribution in [0.2, 0.25) is 0 Å². The molecule has 2 aliphatic heterocycles. The highest BCUT2D eigenvalue weighted by atomic mass is 16.1. The molecule has 1 unspecified atom stereocenters. The van der Waals surface area contributed by atoms with Gasteiger partial charge in [-0.3, -0.25) is 4.79 Å². The molecule has 2 aromatic heterocycles. The fourth-order valence-corrected chi connectivity index (χ4v) is 4.09. The van der Waals surface area contributed by atoms with Gasteiger partial charge in [0.1, 0.15) is 17.3 Å². The molecular formula is C23H30N10O. The second-order valence-electron chi connectivity index (χ2n) is 8.57. The molecule has 6 N–H and O–H groups in total. The summed E-state index contributed by atoms with van der Waals surface area (Å²) in [6.07, 6.45) is 10.4. The zero-order valence-corrected chi connectivity index (χ0v) is 19.4. The molecule has 178 valence electrons. The number of carbonyl (C=O) groups excluding carboxylic acids is 1. The molecule has 11 heteroatoms. The highest BCUT2D eigenvalue weighted by molar-refractivity contribution is 6.03. The molecule has 4 heterocycles. The van der Waals surface area contributed by atoms with E-state index in [1.807, 2.05) is 26.0 Å². The van der Waals surface area contributed by atoms with E-state index in [2.05, 4.69) is 40.5 Å². The number of aromatic nitrogens is 4. The molecule has 0 saturated carbocycles. The molecule has 0 spiro atoms. The molecule has 1 amide bonds. The Morgan fingerprint density at radius 2 is 1.79 bits per heavy atom. The number of nitrogen functional groups attached to an aromatic ring is 1. The van der Waals surface area contributed by atoms with Crippen LogP contribution in [0.15, 0.2) is 47.5 Å². The van der Waals surface area contributed by atoms with Crippen molar-refractivity contribution >= 4 is 29.2 Å². The summed E-state index contributed by atoms with van der Waals surface area (Å²) in [6.45, 7) is 8.16. The summed E-state index contributed by atoms with van der Waals surface area (Å²) >= 11 is 0. The number of dihydropyridines is 1. The number of carbonyl (C=O) groups is 1. The van der Waals surface area contributed by atoms with Crippen molar-refractivity contribution in [2.45, 2.75) is 13.8 Å². The van der Waals surface area contributed by atoms with Crippen LogP contribution in [0.5, 0.6) is 0 Å². The number of nitrogens with one attached hydrogen (secondary N) is 2. The standard InChI is InChI=1S/C23H30N10O/c1-14(2)20(15-3-4-17(27-9-15)16-10-30-23(25)31-11-16)21(24)32-22(34)18-12-29-19(13-28-18)33-7-5-26-6-8-33/h3-4,10-14,20,26-27H,5-9H2,1-2H3,(H2,24,32,34)(H2,25,30,31). The van der Waals surface area contributed by atoms with Gasteiger partial charge in [0.05, 0.1) is 12.4 Å². The van der Waals surface area contributed by atoms with Gasteiger partial charge in [-0.25, -0.2) is 19.9 Å². The van der Waals surface area contributed by atoms with E-state index in [1.54, 1.807) is 18.6 Å². The first-order valence-corrected chi connectivity index (χ1v) is 11.3. The van der Waals surface area contributed by atoms with Crippen LogP contribution in [0, 0.1) is 11.8 Å². The fraction of sp³-hybridized carbons (Fsp3) is 0.391. The van der Waals surface area contributed by atoms with E-state index < -0.39 is 5.91 Å². The van der Waals surface area contributed by atoms with Crippen LogP contribution < -0.4 is 27.0 Å². The fourth-order valence-electron chi connectivity index (χ4n) is 4.09. The number of nitrogens with zero attached hydrogens (tertiary/aromatic N) is 6. The Balaban J connectivity index is 1.49. The molecule has 0 aliphatic carbocycles. The third-order valence-electron chi connectivity index (χ3n) is 5.84. The van der Waals surface area contributed by atoms with Crippen molar-refractivity contribution < 1.29 is 4.79 Å².